The Bertz CT molecular complexity index is 1250. The predicted octanol–water partition coefficient (Wildman–Crippen LogP) is 4.86. The minimum atomic E-state index is -0.643. The van der Waals surface area contributed by atoms with Gasteiger partial charge in [0.15, 0.2) is 0 Å². The number of aromatic nitrogens is 1. The lowest BCUT2D eigenvalue weighted by atomic mass is 10.1. The molecule has 8 heteroatoms. The quantitative estimate of drug-likeness (QED) is 0.406. The minimum Gasteiger partial charge on any atom is -0.468 e. The molecule has 1 saturated heterocycles. The van der Waals surface area contributed by atoms with Crippen LogP contribution in [0, 0.1) is 6.92 Å². The lowest BCUT2D eigenvalue weighted by molar-refractivity contribution is -0.143. The fourth-order valence-electron chi connectivity index (χ4n) is 3.60. The first-order valence-electron chi connectivity index (χ1n) is 9.54. The van der Waals surface area contributed by atoms with Crippen LogP contribution in [0.2, 0.25) is 5.02 Å². The molecule has 2 aromatic carbocycles. The normalized spacial score (nSPS) is 15.3. The Morgan fingerprint density at radius 3 is 2.58 bits per heavy atom. The summed E-state index contributed by atoms with van der Waals surface area (Å²) in [5.41, 5.74) is 3.78. The molecule has 1 aliphatic heterocycles. The molecule has 158 valence electrons. The van der Waals surface area contributed by atoms with Gasteiger partial charge in [-0.05, 0) is 42.5 Å². The van der Waals surface area contributed by atoms with E-state index in [0.717, 1.165) is 44.4 Å². The molecule has 1 aliphatic rings. The van der Waals surface area contributed by atoms with Gasteiger partial charge in [0.1, 0.15) is 6.54 Å². The van der Waals surface area contributed by atoms with Crippen molar-refractivity contribution in [3.05, 3.63) is 75.3 Å². The Morgan fingerprint density at radius 2 is 1.84 bits per heavy atom. The molecule has 0 atom stereocenters. The van der Waals surface area contributed by atoms with E-state index in [1.54, 1.807) is 6.08 Å². The van der Waals surface area contributed by atoms with Crippen LogP contribution in [0.1, 0.15) is 16.8 Å². The zero-order valence-corrected chi connectivity index (χ0v) is 18.5. The molecule has 0 radical (unpaired) electrons. The third-order valence-corrected chi connectivity index (χ3v) is 6.51. The van der Waals surface area contributed by atoms with Crippen LogP contribution in [0.15, 0.2) is 53.4 Å². The Labute approximate surface area is 188 Å². The van der Waals surface area contributed by atoms with Gasteiger partial charge in [0.05, 0.1) is 12.0 Å². The zero-order valence-electron chi connectivity index (χ0n) is 16.9. The van der Waals surface area contributed by atoms with E-state index >= 15 is 0 Å². The maximum Gasteiger partial charge on any atom is 0.325 e. The van der Waals surface area contributed by atoms with Crippen molar-refractivity contribution >= 4 is 57.5 Å². The number of nitrogens with zero attached hydrogens (tertiary/aromatic N) is 2. The molecule has 31 heavy (non-hydrogen) atoms. The number of thioether (sulfide) groups is 1. The van der Waals surface area contributed by atoms with Crippen molar-refractivity contribution in [3.63, 3.8) is 0 Å². The standard InChI is InChI=1S/C23H19ClN2O4S/c1-14-17(11-20-22(28)26(23(29)31-20)13-21(27)30-2)16-8-4-6-10-19(16)25(14)12-15-7-3-5-9-18(15)24/h3-11H,12-13H2,1-2H3/b20-11-. The van der Waals surface area contributed by atoms with Crippen molar-refractivity contribution in [1.29, 1.82) is 0 Å². The van der Waals surface area contributed by atoms with Crippen LogP contribution in [0.4, 0.5) is 4.79 Å². The summed E-state index contributed by atoms with van der Waals surface area (Å²) in [4.78, 5) is 37.7. The fourth-order valence-corrected chi connectivity index (χ4v) is 4.62. The van der Waals surface area contributed by atoms with Crippen LogP contribution in [0.3, 0.4) is 0 Å². The van der Waals surface area contributed by atoms with E-state index < -0.39 is 23.7 Å². The molecule has 1 fully saturated rings. The summed E-state index contributed by atoms with van der Waals surface area (Å²) in [5.74, 6) is -1.14. The van der Waals surface area contributed by atoms with Gasteiger partial charge in [-0.25, -0.2) is 0 Å². The Hall–Kier alpha value is -3.03. The van der Waals surface area contributed by atoms with Crippen molar-refractivity contribution in [3.8, 4) is 0 Å². The number of imide groups is 1. The number of rotatable bonds is 5. The SMILES string of the molecule is COC(=O)CN1C(=O)S/C(=C\c2c(C)n(Cc3ccccc3Cl)c3ccccc23)C1=O. The topological polar surface area (TPSA) is 68.6 Å². The van der Waals surface area contributed by atoms with Crippen molar-refractivity contribution < 1.29 is 19.1 Å². The van der Waals surface area contributed by atoms with E-state index in [1.807, 2.05) is 55.5 Å². The van der Waals surface area contributed by atoms with Crippen molar-refractivity contribution in [2.24, 2.45) is 0 Å². The highest BCUT2D eigenvalue weighted by Crippen LogP contribution is 2.36. The lowest BCUT2D eigenvalue weighted by Gasteiger charge is -2.10. The summed E-state index contributed by atoms with van der Waals surface area (Å²) < 4.78 is 6.72. The van der Waals surface area contributed by atoms with Crippen LogP contribution in [-0.4, -0.2) is 40.2 Å². The first-order chi connectivity index (χ1) is 14.9. The molecule has 2 heterocycles. The molecule has 0 aliphatic carbocycles. The molecule has 0 unspecified atom stereocenters. The maximum absolute atomic E-state index is 12.7. The highest BCUT2D eigenvalue weighted by Gasteiger charge is 2.36. The predicted molar refractivity (Wildman–Crippen MR) is 122 cm³/mol. The number of methoxy groups -OCH3 is 1. The van der Waals surface area contributed by atoms with Gasteiger partial charge in [-0.1, -0.05) is 48.0 Å². The number of amides is 2. The van der Waals surface area contributed by atoms with Crippen molar-refractivity contribution in [2.45, 2.75) is 13.5 Å². The monoisotopic (exact) mass is 454 g/mol. The summed E-state index contributed by atoms with van der Waals surface area (Å²) >= 11 is 7.20. The summed E-state index contributed by atoms with van der Waals surface area (Å²) in [7, 11) is 1.22. The van der Waals surface area contributed by atoms with Gasteiger partial charge < -0.3 is 9.30 Å². The number of carbonyl (C=O) groups is 3. The Morgan fingerprint density at radius 1 is 1.13 bits per heavy atom. The first kappa shape index (κ1) is 21.2. The van der Waals surface area contributed by atoms with Crippen molar-refractivity contribution in [1.82, 2.24) is 9.47 Å². The molecule has 4 rings (SSSR count). The second kappa shape index (κ2) is 8.61. The molecular formula is C23H19ClN2O4S. The van der Waals surface area contributed by atoms with Crippen LogP contribution < -0.4 is 0 Å². The average molecular weight is 455 g/mol. The zero-order chi connectivity index (χ0) is 22.1. The molecule has 1 aromatic heterocycles. The molecule has 6 nitrogen and oxygen atoms in total. The molecule has 3 aromatic rings. The fraction of sp³-hybridized carbons (Fsp3) is 0.174. The van der Waals surface area contributed by atoms with Crippen LogP contribution in [0.25, 0.3) is 17.0 Å². The van der Waals surface area contributed by atoms with E-state index in [1.165, 1.54) is 7.11 Å². The summed E-state index contributed by atoms with van der Waals surface area (Å²) in [6.07, 6.45) is 1.73. The second-order valence-electron chi connectivity index (χ2n) is 7.04. The number of halogens is 1. The first-order valence-corrected chi connectivity index (χ1v) is 10.7. The summed E-state index contributed by atoms with van der Waals surface area (Å²) in [6, 6.07) is 15.6. The van der Waals surface area contributed by atoms with Crippen molar-refractivity contribution in [2.75, 3.05) is 13.7 Å². The van der Waals surface area contributed by atoms with E-state index in [4.69, 9.17) is 11.6 Å². The minimum absolute atomic E-state index is 0.276. The number of ether oxygens (including phenoxy) is 1. The van der Waals surface area contributed by atoms with E-state index in [2.05, 4.69) is 9.30 Å². The number of carbonyl (C=O) groups excluding carboxylic acids is 3. The number of hydrogen-bond donors (Lipinski definition) is 0. The highest BCUT2D eigenvalue weighted by molar-refractivity contribution is 8.18. The number of fused-ring (bicyclic) bond motifs is 1. The summed E-state index contributed by atoms with van der Waals surface area (Å²) in [6.45, 7) is 2.15. The lowest BCUT2D eigenvalue weighted by Crippen LogP contribution is -2.34. The molecule has 0 spiro atoms. The largest absolute Gasteiger partial charge is 0.468 e. The highest BCUT2D eigenvalue weighted by atomic mass is 35.5. The van der Waals surface area contributed by atoms with Gasteiger partial charge in [0.2, 0.25) is 0 Å². The van der Waals surface area contributed by atoms with Gasteiger partial charge >= 0.3 is 5.97 Å². The van der Waals surface area contributed by atoms with Gasteiger partial charge in [-0.3, -0.25) is 19.3 Å². The molecule has 2 amide bonds. The Balaban J connectivity index is 1.76. The van der Waals surface area contributed by atoms with Crippen LogP contribution >= 0.6 is 23.4 Å². The number of para-hydroxylation sites is 1. The number of esters is 1. The smallest absolute Gasteiger partial charge is 0.325 e. The van der Waals surface area contributed by atoms with Gasteiger partial charge in [0, 0.05) is 33.7 Å². The third-order valence-electron chi connectivity index (χ3n) is 5.23. The molecule has 0 N–H and O–H groups in total. The third kappa shape index (κ3) is 3.98. The van der Waals surface area contributed by atoms with E-state index in [-0.39, 0.29) is 4.91 Å². The number of hydrogen-bond acceptors (Lipinski definition) is 5. The summed E-state index contributed by atoms with van der Waals surface area (Å²) in [5, 5.41) is 1.16. The molecule has 0 saturated carbocycles. The van der Waals surface area contributed by atoms with E-state index in [0.29, 0.717) is 11.6 Å². The van der Waals surface area contributed by atoms with Crippen LogP contribution in [0.5, 0.6) is 0 Å². The van der Waals surface area contributed by atoms with Gasteiger partial charge in [-0.2, -0.15) is 0 Å². The van der Waals surface area contributed by atoms with Gasteiger partial charge in [0.25, 0.3) is 11.1 Å². The molecule has 0 bridgehead atoms. The Kier molecular flexibility index (Phi) is 5.89. The van der Waals surface area contributed by atoms with Gasteiger partial charge in [-0.15, -0.1) is 0 Å². The van der Waals surface area contributed by atoms with E-state index in [9.17, 15) is 14.4 Å². The maximum atomic E-state index is 12.7. The van der Waals surface area contributed by atoms with Crippen LogP contribution in [-0.2, 0) is 20.9 Å². The molecular weight excluding hydrogens is 436 g/mol. The second-order valence-corrected chi connectivity index (χ2v) is 8.44. The average Bonchev–Trinajstić information content (AvgIpc) is 3.18. The number of benzene rings is 2.